The minimum atomic E-state index is -0.135. The van der Waals surface area contributed by atoms with Gasteiger partial charge in [-0.2, -0.15) is 4.98 Å². The lowest BCUT2D eigenvalue weighted by Crippen LogP contribution is -2.11. The third-order valence-corrected chi connectivity index (χ3v) is 3.58. The Morgan fingerprint density at radius 2 is 1.95 bits per heavy atom. The third kappa shape index (κ3) is 3.11. The first-order chi connectivity index (χ1) is 10.3. The summed E-state index contributed by atoms with van der Waals surface area (Å²) in [5, 5.41) is 6.44. The molecule has 1 aromatic heterocycles. The zero-order chi connectivity index (χ0) is 14.7. The van der Waals surface area contributed by atoms with Crippen LogP contribution in [-0.2, 0) is 6.42 Å². The van der Waals surface area contributed by atoms with E-state index < -0.39 is 0 Å². The summed E-state index contributed by atoms with van der Waals surface area (Å²) in [6.45, 7) is 2.09. The van der Waals surface area contributed by atoms with E-state index in [0.29, 0.717) is 18.1 Å². The molecule has 2 N–H and O–H groups in total. The quantitative estimate of drug-likeness (QED) is 0.775. The Labute approximate surface area is 124 Å². The van der Waals surface area contributed by atoms with Crippen LogP contribution >= 0.6 is 0 Å². The number of aromatic nitrogens is 2. The first kappa shape index (κ1) is 13.8. The molecule has 0 aliphatic heterocycles. The average Bonchev–Trinajstić information content (AvgIpc) is 2.96. The summed E-state index contributed by atoms with van der Waals surface area (Å²) in [6, 6.07) is 14.5. The van der Waals surface area contributed by atoms with Crippen molar-refractivity contribution in [3.63, 3.8) is 0 Å². The van der Waals surface area contributed by atoms with Crippen molar-refractivity contribution in [1.29, 1.82) is 0 Å². The van der Waals surface area contributed by atoms with Crippen LogP contribution in [0.15, 0.2) is 47.0 Å². The van der Waals surface area contributed by atoms with Crippen molar-refractivity contribution in [2.75, 3.05) is 0 Å². The van der Waals surface area contributed by atoms with E-state index in [2.05, 4.69) is 47.4 Å². The summed E-state index contributed by atoms with van der Waals surface area (Å²) < 4.78 is 5.31. The lowest BCUT2D eigenvalue weighted by atomic mass is 10.1. The van der Waals surface area contributed by atoms with Crippen LogP contribution in [0.25, 0.3) is 10.8 Å². The Kier molecular flexibility index (Phi) is 3.97. The third-order valence-electron chi connectivity index (χ3n) is 3.58. The fourth-order valence-electron chi connectivity index (χ4n) is 2.45. The molecule has 0 radical (unpaired) electrons. The molecule has 0 aliphatic rings. The molecular weight excluding hydrogens is 262 g/mol. The smallest absolute Gasteiger partial charge is 0.231 e. The van der Waals surface area contributed by atoms with Gasteiger partial charge in [0.2, 0.25) is 5.89 Å². The van der Waals surface area contributed by atoms with E-state index in [0.717, 1.165) is 18.4 Å². The van der Waals surface area contributed by atoms with E-state index in [1.807, 2.05) is 12.1 Å². The van der Waals surface area contributed by atoms with Crippen molar-refractivity contribution in [3.05, 3.63) is 59.7 Å². The normalized spacial score (nSPS) is 12.7. The first-order valence-electron chi connectivity index (χ1n) is 7.32. The van der Waals surface area contributed by atoms with Crippen molar-refractivity contribution < 1.29 is 4.52 Å². The molecule has 3 rings (SSSR count). The summed E-state index contributed by atoms with van der Waals surface area (Å²) in [7, 11) is 0. The number of nitrogens with two attached hydrogens (primary N) is 1. The highest BCUT2D eigenvalue weighted by Crippen LogP contribution is 2.18. The maximum Gasteiger partial charge on any atom is 0.231 e. The molecule has 0 saturated heterocycles. The standard InChI is InChI=1S/C17H19N3O/c1-2-5-15(18)17-19-16(21-20-17)11-12-8-9-13-6-3-4-7-14(13)10-12/h3-4,6-10,15H,2,5,11,18H2,1H3. The number of hydrogen-bond donors (Lipinski definition) is 1. The van der Waals surface area contributed by atoms with Crippen LogP contribution < -0.4 is 5.73 Å². The SMILES string of the molecule is CCCC(N)c1noc(Cc2ccc3ccccc3c2)n1. The second kappa shape index (κ2) is 6.06. The summed E-state index contributed by atoms with van der Waals surface area (Å²) >= 11 is 0. The van der Waals surface area contributed by atoms with Gasteiger partial charge in [0, 0.05) is 0 Å². The van der Waals surface area contributed by atoms with Gasteiger partial charge < -0.3 is 10.3 Å². The predicted molar refractivity (Wildman–Crippen MR) is 82.9 cm³/mol. The van der Waals surface area contributed by atoms with Gasteiger partial charge in [0.15, 0.2) is 5.82 Å². The van der Waals surface area contributed by atoms with Crippen LogP contribution in [0.3, 0.4) is 0 Å². The highest BCUT2D eigenvalue weighted by Gasteiger charge is 2.13. The Morgan fingerprint density at radius 1 is 1.14 bits per heavy atom. The summed E-state index contributed by atoms with van der Waals surface area (Å²) in [6.07, 6.45) is 2.52. The van der Waals surface area contributed by atoms with Crippen molar-refractivity contribution in [2.45, 2.75) is 32.2 Å². The fourth-order valence-corrected chi connectivity index (χ4v) is 2.45. The van der Waals surface area contributed by atoms with Crippen molar-refractivity contribution in [1.82, 2.24) is 10.1 Å². The van der Waals surface area contributed by atoms with Crippen LogP contribution in [-0.4, -0.2) is 10.1 Å². The zero-order valence-corrected chi connectivity index (χ0v) is 12.1. The van der Waals surface area contributed by atoms with E-state index in [9.17, 15) is 0 Å². The van der Waals surface area contributed by atoms with Crippen LogP contribution in [0, 0.1) is 0 Å². The Morgan fingerprint density at radius 3 is 2.76 bits per heavy atom. The first-order valence-corrected chi connectivity index (χ1v) is 7.32. The van der Waals surface area contributed by atoms with Gasteiger partial charge in [0.1, 0.15) is 0 Å². The lowest BCUT2D eigenvalue weighted by molar-refractivity contribution is 0.374. The van der Waals surface area contributed by atoms with Crippen LogP contribution in [0.5, 0.6) is 0 Å². The Balaban J connectivity index is 1.78. The van der Waals surface area contributed by atoms with E-state index >= 15 is 0 Å². The second-order valence-electron chi connectivity index (χ2n) is 5.30. The molecule has 0 amide bonds. The second-order valence-corrected chi connectivity index (χ2v) is 5.30. The van der Waals surface area contributed by atoms with Gasteiger partial charge in [0.25, 0.3) is 0 Å². The topological polar surface area (TPSA) is 64.9 Å². The number of nitrogens with zero attached hydrogens (tertiary/aromatic N) is 2. The summed E-state index contributed by atoms with van der Waals surface area (Å²) in [5.74, 6) is 1.22. The predicted octanol–water partition coefficient (Wildman–Crippen LogP) is 3.61. The number of fused-ring (bicyclic) bond motifs is 1. The molecule has 21 heavy (non-hydrogen) atoms. The molecule has 108 valence electrons. The Hall–Kier alpha value is -2.20. The lowest BCUT2D eigenvalue weighted by Gasteiger charge is -2.02. The minimum absolute atomic E-state index is 0.135. The van der Waals surface area contributed by atoms with Crippen LogP contribution in [0.2, 0.25) is 0 Å². The number of benzene rings is 2. The molecule has 1 unspecified atom stereocenters. The van der Waals surface area contributed by atoms with E-state index in [1.54, 1.807) is 0 Å². The molecule has 0 spiro atoms. The molecule has 4 heteroatoms. The van der Waals surface area contributed by atoms with Gasteiger partial charge >= 0.3 is 0 Å². The molecule has 2 aromatic carbocycles. The Bertz CT molecular complexity index is 735. The molecule has 1 atom stereocenters. The van der Waals surface area contributed by atoms with Crippen molar-refractivity contribution in [2.24, 2.45) is 5.73 Å². The molecule has 3 aromatic rings. The van der Waals surface area contributed by atoms with Gasteiger partial charge in [-0.1, -0.05) is 61.0 Å². The molecule has 0 fully saturated rings. The molecule has 0 saturated carbocycles. The molecule has 1 heterocycles. The van der Waals surface area contributed by atoms with Crippen LogP contribution in [0.1, 0.15) is 43.1 Å². The molecule has 4 nitrogen and oxygen atoms in total. The van der Waals surface area contributed by atoms with Gasteiger partial charge in [-0.15, -0.1) is 0 Å². The molecule has 0 aliphatic carbocycles. The maximum absolute atomic E-state index is 6.00. The highest BCUT2D eigenvalue weighted by molar-refractivity contribution is 5.83. The maximum atomic E-state index is 6.00. The van der Waals surface area contributed by atoms with E-state index in [1.165, 1.54) is 10.8 Å². The van der Waals surface area contributed by atoms with E-state index in [-0.39, 0.29) is 6.04 Å². The molecule has 0 bridgehead atoms. The van der Waals surface area contributed by atoms with Crippen molar-refractivity contribution >= 4 is 10.8 Å². The zero-order valence-electron chi connectivity index (χ0n) is 12.1. The van der Waals surface area contributed by atoms with Gasteiger partial charge in [0.05, 0.1) is 12.5 Å². The van der Waals surface area contributed by atoms with Gasteiger partial charge in [-0.3, -0.25) is 0 Å². The fraction of sp³-hybridized carbons (Fsp3) is 0.294. The van der Waals surface area contributed by atoms with Crippen molar-refractivity contribution in [3.8, 4) is 0 Å². The average molecular weight is 281 g/mol. The van der Waals surface area contributed by atoms with Gasteiger partial charge in [-0.05, 0) is 22.8 Å². The summed E-state index contributed by atoms with van der Waals surface area (Å²) in [5.41, 5.74) is 7.16. The molecular formula is C17H19N3O. The largest absolute Gasteiger partial charge is 0.339 e. The highest BCUT2D eigenvalue weighted by atomic mass is 16.5. The van der Waals surface area contributed by atoms with Gasteiger partial charge in [-0.25, -0.2) is 0 Å². The summed E-state index contributed by atoms with van der Waals surface area (Å²) in [4.78, 5) is 4.40. The minimum Gasteiger partial charge on any atom is -0.339 e. The van der Waals surface area contributed by atoms with E-state index in [4.69, 9.17) is 10.3 Å². The van der Waals surface area contributed by atoms with Crippen LogP contribution in [0.4, 0.5) is 0 Å². The number of hydrogen-bond acceptors (Lipinski definition) is 4. The monoisotopic (exact) mass is 281 g/mol. The number of rotatable bonds is 5.